The number of nitrogens with zero attached hydrogens (tertiary/aromatic N) is 5. The molecule has 15 rings (SSSR count). The molecular weight excluding hydrogens is 843 g/mol. The van der Waals surface area contributed by atoms with E-state index >= 15 is 0 Å². The fraction of sp³-hybridized carbons (Fsp3) is 0. The average Bonchev–Trinajstić information content (AvgIpc) is 4.07. The molecule has 0 fully saturated rings. The van der Waals surface area contributed by atoms with Crippen molar-refractivity contribution >= 4 is 97.9 Å². The highest BCUT2D eigenvalue weighted by molar-refractivity contribution is 6.25. The minimum absolute atomic E-state index is 0.570. The van der Waals surface area contributed by atoms with Crippen LogP contribution in [0.1, 0.15) is 0 Å². The van der Waals surface area contributed by atoms with E-state index in [-0.39, 0.29) is 0 Å². The van der Waals surface area contributed by atoms with Gasteiger partial charge in [0.05, 0.1) is 27.8 Å². The highest BCUT2D eigenvalue weighted by atomic mass is 16.3. The standard InChI is InChI=1S/C63H37N5O/c1-3-17-39(18-4-1)61-64-62(66-63(65-61)49-27-15-29-53-59(49)48-26-13-14-28-52(48)67(53)43-21-5-2-6-22-43)42-30-32-46-50-37-56(45-24-11-12-25-47(45)60(50)69-57(46)36-42)68-54-33-31-38-16-9-10-23-44(38)58(54)51-34-40-19-7-8-20-41(40)35-55(51)68/h1-37H. The summed E-state index contributed by atoms with van der Waals surface area (Å²) in [7, 11) is 0. The summed E-state index contributed by atoms with van der Waals surface area (Å²) in [5, 5.41) is 13.8. The minimum atomic E-state index is 0.570. The van der Waals surface area contributed by atoms with Crippen LogP contribution in [0.2, 0.25) is 0 Å². The maximum Gasteiger partial charge on any atom is 0.164 e. The van der Waals surface area contributed by atoms with Crippen LogP contribution in [0.15, 0.2) is 229 Å². The summed E-state index contributed by atoms with van der Waals surface area (Å²) in [6, 6.07) is 79.7. The number of furan rings is 1. The van der Waals surface area contributed by atoms with Crippen molar-refractivity contribution in [2.75, 3.05) is 0 Å². The highest BCUT2D eigenvalue weighted by Gasteiger charge is 2.23. The Kier molecular flexibility index (Phi) is 7.97. The Hall–Kier alpha value is -9.39. The number of aromatic nitrogens is 5. The van der Waals surface area contributed by atoms with Crippen LogP contribution in [-0.2, 0) is 0 Å². The first-order valence-corrected chi connectivity index (χ1v) is 23.3. The molecule has 0 aliphatic carbocycles. The van der Waals surface area contributed by atoms with Gasteiger partial charge in [-0.25, -0.2) is 15.0 Å². The van der Waals surface area contributed by atoms with Crippen molar-refractivity contribution in [1.29, 1.82) is 0 Å². The summed E-state index contributed by atoms with van der Waals surface area (Å²) in [4.78, 5) is 15.7. The predicted molar refractivity (Wildman–Crippen MR) is 285 cm³/mol. The van der Waals surface area contributed by atoms with Crippen LogP contribution < -0.4 is 0 Å². The van der Waals surface area contributed by atoms with E-state index in [1.165, 1.54) is 43.4 Å². The normalized spacial score (nSPS) is 12.1. The van der Waals surface area contributed by atoms with Gasteiger partial charge in [-0.1, -0.05) is 164 Å². The van der Waals surface area contributed by atoms with Crippen molar-refractivity contribution in [2.24, 2.45) is 0 Å². The number of para-hydroxylation sites is 2. The second-order valence-corrected chi connectivity index (χ2v) is 17.9. The van der Waals surface area contributed by atoms with Crippen LogP contribution >= 0.6 is 0 Å². The Labute approximate surface area is 394 Å². The predicted octanol–water partition coefficient (Wildman–Crippen LogP) is 16.4. The lowest BCUT2D eigenvalue weighted by Gasteiger charge is -2.13. The van der Waals surface area contributed by atoms with Crippen molar-refractivity contribution in [2.45, 2.75) is 0 Å². The summed E-state index contributed by atoms with van der Waals surface area (Å²) in [5.41, 5.74) is 11.0. The van der Waals surface area contributed by atoms with Gasteiger partial charge < -0.3 is 13.6 Å². The van der Waals surface area contributed by atoms with Gasteiger partial charge in [0.15, 0.2) is 17.5 Å². The topological polar surface area (TPSA) is 61.7 Å². The molecule has 0 amide bonds. The van der Waals surface area contributed by atoms with E-state index in [1.807, 2.05) is 18.2 Å². The number of fused-ring (bicyclic) bond motifs is 14. The summed E-state index contributed by atoms with van der Waals surface area (Å²) >= 11 is 0. The second-order valence-electron chi connectivity index (χ2n) is 17.9. The van der Waals surface area contributed by atoms with Crippen LogP contribution in [0.5, 0.6) is 0 Å². The lowest BCUT2D eigenvalue weighted by atomic mass is 10.0. The fourth-order valence-corrected chi connectivity index (χ4v) is 11.0. The van der Waals surface area contributed by atoms with Gasteiger partial charge >= 0.3 is 0 Å². The summed E-state index contributed by atoms with van der Waals surface area (Å²) in [6.45, 7) is 0. The summed E-state index contributed by atoms with van der Waals surface area (Å²) in [6.07, 6.45) is 0. The molecule has 320 valence electrons. The van der Waals surface area contributed by atoms with E-state index in [0.717, 1.165) is 82.6 Å². The Morgan fingerprint density at radius 3 is 1.78 bits per heavy atom. The third-order valence-electron chi connectivity index (χ3n) is 14.1. The molecule has 15 aromatic rings. The molecule has 4 heterocycles. The average molecular weight is 880 g/mol. The third-order valence-corrected chi connectivity index (χ3v) is 14.1. The van der Waals surface area contributed by atoms with E-state index in [2.05, 4.69) is 215 Å². The summed E-state index contributed by atoms with van der Waals surface area (Å²) < 4.78 is 11.8. The maximum atomic E-state index is 6.99. The molecular formula is C63H37N5O. The van der Waals surface area contributed by atoms with Crippen molar-refractivity contribution in [1.82, 2.24) is 24.1 Å². The van der Waals surface area contributed by atoms with Gasteiger partial charge in [0, 0.05) is 65.5 Å². The van der Waals surface area contributed by atoms with E-state index in [9.17, 15) is 0 Å². The van der Waals surface area contributed by atoms with Crippen molar-refractivity contribution in [3.63, 3.8) is 0 Å². The van der Waals surface area contributed by atoms with Gasteiger partial charge in [-0.05, 0) is 82.2 Å². The van der Waals surface area contributed by atoms with Crippen LogP contribution in [0, 0.1) is 0 Å². The van der Waals surface area contributed by atoms with Crippen molar-refractivity contribution < 1.29 is 4.42 Å². The number of hydrogen-bond donors (Lipinski definition) is 0. The molecule has 69 heavy (non-hydrogen) atoms. The minimum Gasteiger partial charge on any atom is -0.455 e. The SMILES string of the molecule is c1ccc(-c2nc(-c3ccc4c(c3)oc3c5ccccc5c(-n5c6cc7ccccc7cc6c6c7ccccc7ccc65)cc43)nc(-c3cccc4c3c3ccccc3n4-c3ccccc3)n2)cc1. The molecule has 0 N–H and O–H groups in total. The second kappa shape index (κ2) is 14.6. The van der Waals surface area contributed by atoms with Gasteiger partial charge in [-0.15, -0.1) is 0 Å². The Bertz CT molecular complexity index is 4600. The largest absolute Gasteiger partial charge is 0.455 e. The molecule has 11 aromatic carbocycles. The van der Waals surface area contributed by atoms with E-state index < -0.39 is 0 Å². The lowest BCUT2D eigenvalue weighted by molar-refractivity contribution is 0.672. The molecule has 0 saturated heterocycles. The fourth-order valence-electron chi connectivity index (χ4n) is 11.0. The van der Waals surface area contributed by atoms with Crippen molar-refractivity contribution in [3.05, 3.63) is 224 Å². The zero-order chi connectivity index (χ0) is 45.2. The Balaban J connectivity index is 0.954. The number of benzene rings is 11. The monoisotopic (exact) mass is 879 g/mol. The molecule has 0 saturated carbocycles. The number of hydrogen-bond acceptors (Lipinski definition) is 4. The smallest absolute Gasteiger partial charge is 0.164 e. The molecule has 6 heteroatoms. The van der Waals surface area contributed by atoms with Crippen LogP contribution in [0.3, 0.4) is 0 Å². The zero-order valence-electron chi connectivity index (χ0n) is 37.0. The molecule has 0 radical (unpaired) electrons. The van der Waals surface area contributed by atoms with Crippen LogP contribution in [0.25, 0.3) is 143 Å². The van der Waals surface area contributed by atoms with Crippen LogP contribution in [-0.4, -0.2) is 24.1 Å². The molecule has 4 aromatic heterocycles. The van der Waals surface area contributed by atoms with Gasteiger partial charge in [0.1, 0.15) is 11.2 Å². The van der Waals surface area contributed by atoms with Crippen molar-refractivity contribution in [3.8, 4) is 45.5 Å². The molecule has 6 nitrogen and oxygen atoms in total. The highest BCUT2D eigenvalue weighted by Crippen LogP contribution is 2.44. The molecule has 0 unspecified atom stereocenters. The Morgan fingerprint density at radius 1 is 0.319 bits per heavy atom. The first-order chi connectivity index (χ1) is 34.2. The van der Waals surface area contributed by atoms with Crippen LogP contribution in [0.4, 0.5) is 0 Å². The first-order valence-electron chi connectivity index (χ1n) is 23.3. The van der Waals surface area contributed by atoms with Gasteiger partial charge in [0.2, 0.25) is 0 Å². The molecule has 0 aliphatic heterocycles. The van der Waals surface area contributed by atoms with Gasteiger partial charge in [-0.2, -0.15) is 0 Å². The quantitative estimate of drug-likeness (QED) is 0.173. The maximum absolute atomic E-state index is 6.99. The first kappa shape index (κ1) is 37.8. The molecule has 0 bridgehead atoms. The zero-order valence-corrected chi connectivity index (χ0v) is 37.0. The summed E-state index contributed by atoms with van der Waals surface area (Å²) in [5.74, 6) is 1.78. The van der Waals surface area contributed by atoms with Gasteiger partial charge in [0.25, 0.3) is 0 Å². The number of rotatable bonds is 5. The Morgan fingerprint density at radius 2 is 0.957 bits per heavy atom. The molecule has 0 aliphatic rings. The van der Waals surface area contributed by atoms with E-state index in [4.69, 9.17) is 19.4 Å². The third kappa shape index (κ3) is 5.63. The van der Waals surface area contributed by atoms with E-state index in [1.54, 1.807) is 0 Å². The molecule has 0 atom stereocenters. The lowest BCUT2D eigenvalue weighted by Crippen LogP contribution is -2.00. The van der Waals surface area contributed by atoms with Gasteiger partial charge in [-0.3, -0.25) is 0 Å². The molecule has 0 spiro atoms. The van der Waals surface area contributed by atoms with E-state index in [0.29, 0.717) is 17.5 Å².